The Balaban J connectivity index is 0.000000294. The van der Waals surface area contributed by atoms with E-state index in [0.29, 0.717) is 143 Å². The van der Waals surface area contributed by atoms with Gasteiger partial charge in [-0.2, -0.15) is 0 Å². The van der Waals surface area contributed by atoms with E-state index in [1.807, 2.05) is 66.7 Å². The molecule has 0 radical (unpaired) electrons. The monoisotopic (exact) mass is 1860 g/mol. The Morgan fingerprint density at radius 1 is 0.248 bits per heavy atom. The van der Waals surface area contributed by atoms with E-state index in [1.165, 1.54) is 44.5 Å². The molecule has 0 amide bonds. The molecule has 5 aromatic carbocycles. The fourth-order valence-corrected chi connectivity index (χ4v) is 10.4. The summed E-state index contributed by atoms with van der Waals surface area (Å²) in [7, 11) is -42.6. The van der Waals surface area contributed by atoms with Gasteiger partial charge in [-0.25, -0.2) is 18.3 Å². The molecule has 0 aliphatic carbocycles. The van der Waals surface area contributed by atoms with Crippen LogP contribution in [0.15, 0.2) is 207 Å². The molecule has 16 nitrogen and oxygen atoms in total. The zero-order valence-corrected chi connectivity index (χ0v) is 68.9. The van der Waals surface area contributed by atoms with Gasteiger partial charge in [0, 0.05) is 65.7 Å². The predicted molar refractivity (Wildman–Crippen MR) is 410 cm³/mol. The average Bonchev–Trinajstić information content (AvgIpc) is 0.796. The van der Waals surface area contributed by atoms with Gasteiger partial charge in [-0.3, -0.25) is 0 Å². The molecule has 12 aliphatic rings. The van der Waals surface area contributed by atoms with Crippen molar-refractivity contribution in [3.05, 3.63) is 229 Å². The molecule has 21 rings (SSSR count). The van der Waals surface area contributed by atoms with Gasteiger partial charge in [-0.1, -0.05) is 56.6 Å². The maximum Gasteiger partial charge on any atom is 0.119 e. The summed E-state index contributed by atoms with van der Waals surface area (Å²) in [4.78, 5) is 0. The number of hydrogen-bond acceptors (Lipinski definition) is 12. The maximum absolute atomic E-state index is 10.7. The maximum atomic E-state index is 9.87. The van der Waals surface area contributed by atoms with Crippen molar-refractivity contribution in [2.24, 2.45) is 0 Å². The largest absolute Gasteiger partial charge is 0.491 e. The number of rotatable bonds is 1. The minimum atomic E-state index is -10.7. The van der Waals surface area contributed by atoms with E-state index < -0.39 is 31.2 Å². The van der Waals surface area contributed by atoms with Gasteiger partial charge in [-0.15, -0.1) is 0 Å². The summed E-state index contributed by atoms with van der Waals surface area (Å²) in [5, 5.41) is 0.565. The van der Waals surface area contributed by atoms with Crippen LogP contribution in [0.2, 0.25) is 5.02 Å². The Hall–Kier alpha value is -8.41. The molecule has 0 atom stereocenters. The summed E-state index contributed by atoms with van der Waals surface area (Å²) in [6.07, 6.45) is 17.1. The third-order valence-corrected chi connectivity index (χ3v) is 15.7. The first-order chi connectivity index (χ1) is 55.4. The molecule has 0 saturated carbocycles. The molecule has 16 heterocycles. The second kappa shape index (κ2) is 39.6. The van der Waals surface area contributed by atoms with Crippen LogP contribution in [0.4, 0.5) is 101 Å². The summed E-state index contributed by atoms with van der Waals surface area (Å²) in [5.41, 5.74) is 11.1. The molecule has 9 aromatic rings. The van der Waals surface area contributed by atoms with Crippen molar-refractivity contribution in [2.75, 3.05) is 119 Å². The van der Waals surface area contributed by atoms with Crippen LogP contribution in [0, 0.1) is 0 Å². The van der Waals surface area contributed by atoms with Crippen LogP contribution in [-0.2, 0) is 60.0 Å². The van der Waals surface area contributed by atoms with E-state index >= 15 is 0 Å². The van der Waals surface area contributed by atoms with Gasteiger partial charge in [0.05, 0.1) is 84.3 Å². The summed E-state index contributed by atoms with van der Waals surface area (Å²) in [6.45, 7) is 18.5. The quantitative estimate of drug-likeness (QED) is 0.0882. The topological polar surface area (TPSA) is 126 Å². The van der Waals surface area contributed by atoms with Crippen LogP contribution in [0.25, 0.3) is 33.4 Å². The Morgan fingerprint density at radius 2 is 0.479 bits per heavy atom. The van der Waals surface area contributed by atoms with Crippen LogP contribution in [0.1, 0.15) is 37.5 Å². The van der Waals surface area contributed by atoms with E-state index in [2.05, 4.69) is 180 Å². The number of benzene rings is 5. The number of hydrogen-bond donors (Lipinski definition) is 0. The fourth-order valence-electron chi connectivity index (χ4n) is 10.2. The number of nitrogens with zero attached hydrogens (tertiary/aromatic N) is 4. The molecule has 0 N–H and O–H groups in total. The molecule has 16 bridgehead atoms. The Labute approximate surface area is 684 Å². The normalized spacial score (nSPS) is 17.4. The van der Waals surface area contributed by atoms with Crippen molar-refractivity contribution < 1.29 is 176 Å². The van der Waals surface area contributed by atoms with Crippen molar-refractivity contribution in [3.8, 4) is 67.9 Å². The molecule has 45 heteroatoms. The first-order valence-corrected chi connectivity index (χ1v) is 44.6. The van der Waals surface area contributed by atoms with Crippen molar-refractivity contribution >= 4 is 42.8 Å². The molecule has 0 unspecified atom stereocenters. The van der Waals surface area contributed by atoms with E-state index in [-0.39, 0.29) is 5.41 Å². The number of halogens is 25. The molecule has 678 valence electrons. The second-order valence-electron chi connectivity index (χ2n) is 27.2. The van der Waals surface area contributed by atoms with E-state index in [1.54, 1.807) is 0 Å². The molecule has 0 spiro atoms. The van der Waals surface area contributed by atoms with Gasteiger partial charge in [0.1, 0.15) is 74.1 Å². The number of ether oxygens (including phenoxy) is 12. The smallest absolute Gasteiger partial charge is 0.119 e. The van der Waals surface area contributed by atoms with Crippen molar-refractivity contribution in [2.45, 2.75) is 52.4 Å². The van der Waals surface area contributed by atoms with Crippen molar-refractivity contribution in [1.29, 1.82) is 0 Å². The van der Waals surface area contributed by atoms with E-state index in [0.717, 1.165) is 47.4 Å². The van der Waals surface area contributed by atoms with Crippen LogP contribution >= 0.6 is 42.8 Å². The van der Waals surface area contributed by atoms with Gasteiger partial charge in [0.25, 0.3) is 0 Å². The summed E-state index contributed by atoms with van der Waals surface area (Å²) >= 11 is 6.48. The Morgan fingerprint density at radius 3 is 0.752 bits per heavy atom. The van der Waals surface area contributed by atoms with Crippen LogP contribution in [-0.4, -0.2) is 119 Å². The summed E-state index contributed by atoms with van der Waals surface area (Å²) in [6, 6.07) is 54.0. The Kier molecular flexibility index (Phi) is 33.2. The van der Waals surface area contributed by atoms with Gasteiger partial charge in [0.2, 0.25) is 0 Å². The second-order valence-corrected chi connectivity index (χ2v) is 35.2. The molecule has 121 heavy (non-hydrogen) atoms. The van der Waals surface area contributed by atoms with Crippen LogP contribution in [0.3, 0.4) is 0 Å². The SMILES string of the molecule is CC(C)(C)c1ccc(-c2cc3cc(c2)C[n+]2ccc(cc2)-c2cc[n+](cc2)CCOc2cc(ccc2Cl)OCC[n+]2ccc(cc2)-c2cc[n+](cc2)C3)cc1.F[P-](F)(F)(F)(F)F.F[P-](F)(F)(F)(F)F.F[P-](F)(F)(F)(F)F.F[P-](F)(F)(F)(F)F.c1cc2ccc1OCCOCCOCCOCCOc1ccc(cc1)OCCOCCOCCOCCO2. The first kappa shape index (κ1) is 101. The molecular weight excluding hydrogens is 1780 g/mol. The summed E-state index contributed by atoms with van der Waals surface area (Å²) in [5.74, 6) is 4.39. The number of aromatic nitrogens is 4. The molecule has 12 aliphatic heterocycles. The van der Waals surface area contributed by atoms with Crippen molar-refractivity contribution in [3.63, 3.8) is 0 Å². The van der Waals surface area contributed by atoms with Crippen LogP contribution < -0.4 is 46.7 Å². The van der Waals surface area contributed by atoms with Gasteiger partial charge < -0.3 is 56.8 Å². The molecular formula is C76H87ClF24N4O12P4. The minimum absolute atomic E-state index is 0.109. The number of pyridine rings is 4. The minimum Gasteiger partial charge on any atom is -0.491 e. The molecule has 4 aromatic heterocycles. The standard InChI is InChI=1S/C48H47ClN4O2.C28H40O10.4F6P/c1-48(2,3)44-6-4-38(5-7-44)43-31-36-30-37(32-43)35-53-24-16-42(17-25-53)40-12-20-51(21-13-40)27-29-55-47-33-45(8-9-46(47)49)54-28-26-50-18-10-39(11-19-50)41-14-22-52(34-36)23-15-41;1-2-26-4-3-25(1)35-21-17-31-13-9-29-11-15-33-19-23-37-27-5-7-28(8-6-27)38-24-20-34-16-12-30-10-14-32-18-22-36-26;4*1-7(2,3,4,5)6/h4-25,30-33H,26-29,34-35H2,1-3H3;1-8H,9-24H2;;;;/q+4;;4*-1. The zero-order valence-electron chi connectivity index (χ0n) is 64.6. The van der Waals surface area contributed by atoms with Crippen molar-refractivity contribution in [1.82, 2.24) is 0 Å². The van der Waals surface area contributed by atoms with Gasteiger partial charge in [0.15, 0.2) is 75.8 Å². The predicted octanol–water partition coefficient (Wildman–Crippen LogP) is 24.9. The average molecular weight is 1860 g/mol. The Bertz CT molecular complexity index is 4400. The molecule has 0 fully saturated rings. The van der Waals surface area contributed by atoms with E-state index in [9.17, 15) is 101 Å². The zero-order chi connectivity index (χ0) is 89.8. The van der Waals surface area contributed by atoms with Gasteiger partial charge in [-0.05, 0) is 123 Å². The first-order valence-electron chi connectivity index (χ1n) is 36.1. The third kappa shape index (κ3) is 54.7. The van der Waals surface area contributed by atoms with Crippen LogP contribution in [0.5, 0.6) is 34.5 Å². The van der Waals surface area contributed by atoms with E-state index in [4.69, 9.17) is 68.4 Å². The molecule has 0 saturated heterocycles. The summed E-state index contributed by atoms with van der Waals surface area (Å²) < 4.78 is 314. The van der Waals surface area contributed by atoms with Gasteiger partial charge >= 0.3 is 132 Å². The third-order valence-electron chi connectivity index (χ3n) is 15.3. The fraction of sp³-hybridized carbons (Fsp3) is 0.342.